The fraction of sp³-hybridized carbons (Fsp3) is 0.480. The summed E-state index contributed by atoms with van der Waals surface area (Å²) in [5.74, 6) is 8.63. The van der Waals surface area contributed by atoms with E-state index in [2.05, 4.69) is 24.8 Å². The molecule has 1 aliphatic carbocycles. The lowest BCUT2D eigenvalue weighted by molar-refractivity contribution is 0.0975. The van der Waals surface area contributed by atoms with Crippen molar-refractivity contribution in [2.45, 2.75) is 51.9 Å². The van der Waals surface area contributed by atoms with Gasteiger partial charge in [-0.25, -0.2) is 0 Å². The number of halogens is 2. The maximum Gasteiger partial charge on any atom is 0.172 e. The van der Waals surface area contributed by atoms with Gasteiger partial charge in [0.15, 0.2) is 5.78 Å². The fourth-order valence-corrected chi connectivity index (χ4v) is 5.81. The Kier molecular flexibility index (Phi) is 8.84. The van der Waals surface area contributed by atoms with Crippen LogP contribution >= 0.6 is 34.5 Å². The zero-order chi connectivity index (χ0) is 21.5. The summed E-state index contributed by atoms with van der Waals surface area (Å²) in [5, 5.41) is 10.1. The van der Waals surface area contributed by atoms with E-state index in [0.29, 0.717) is 40.6 Å². The molecule has 0 radical (unpaired) electrons. The third kappa shape index (κ3) is 6.59. The zero-order valence-electron chi connectivity index (χ0n) is 17.3. The van der Waals surface area contributed by atoms with E-state index in [4.69, 9.17) is 28.3 Å². The van der Waals surface area contributed by atoms with E-state index in [1.54, 1.807) is 17.4 Å². The second kappa shape index (κ2) is 11.3. The molecule has 1 aliphatic rings. The standard InChI is InChI=1S/C25H28Cl2O2S/c1-17-7-9-19(10-8-18-14-20(26)16-21(27)15-18)23(17)5-2-4-22-11-12-25(30-22)24(29)6-3-13-28/h11-12,14-17,19,23,28H,2-7,9,13H2,1H3. The highest BCUT2D eigenvalue weighted by atomic mass is 35.5. The van der Waals surface area contributed by atoms with Crippen LogP contribution < -0.4 is 0 Å². The predicted octanol–water partition coefficient (Wildman–Crippen LogP) is 7.05. The SMILES string of the molecule is CC1CCC(C#Cc2cc(Cl)cc(Cl)c2)C1CCCc1ccc(C(=O)CCCO)s1. The second-order valence-electron chi connectivity index (χ2n) is 8.16. The highest BCUT2D eigenvalue weighted by Gasteiger charge is 2.31. The lowest BCUT2D eigenvalue weighted by Crippen LogP contribution is -2.12. The third-order valence-corrected chi connectivity index (χ3v) is 7.53. The smallest absolute Gasteiger partial charge is 0.172 e. The molecule has 0 amide bonds. The zero-order valence-corrected chi connectivity index (χ0v) is 19.6. The first kappa shape index (κ1) is 23.4. The van der Waals surface area contributed by atoms with Gasteiger partial charge in [-0.15, -0.1) is 11.3 Å². The molecule has 1 aromatic carbocycles. The topological polar surface area (TPSA) is 37.3 Å². The molecule has 1 heterocycles. The predicted molar refractivity (Wildman–Crippen MR) is 127 cm³/mol. The molecule has 30 heavy (non-hydrogen) atoms. The molecule has 3 atom stereocenters. The van der Waals surface area contributed by atoms with Crippen molar-refractivity contribution < 1.29 is 9.90 Å². The highest BCUT2D eigenvalue weighted by molar-refractivity contribution is 7.14. The lowest BCUT2D eigenvalue weighted by Gasteiger charge is -2.19. The van der Waals surface area contributed by atoms with Crippen LogP contribution in [0.3, 0.4) is 0 Å². The first-order valence-electron chi connectivity index (χ1n) is 10.7. The van der Waals surface area contributed by atoms with E-state index < -0.39 is 0 Å². The molecular formula is C25H28Cl2O2S. The Labute approximate surface area is 193 Å². The minimum absolute atomic E-state index is 0.0674. The van der Waals surface area contributed by atoms with Crippen molar-refractivity contribution in [3.8, 4) is 11.8 Å². The van der Waals surface area contributed by atoms with Crippen LogP contribution in [-0.2, 0) is 6.42 Å². The van der Waals surface area contributed by atoms with E-state index in [0.717, 1.165) is 36.1 Å². The summed E-state index contributed by atoms with van der Waals surface area (Å²) in [6.07, 6.45) is 6.61. The van der Waals surface area contributed by atoms with Crippen LogP contribution in [0.15, 0.2) is 30.3 Å². The largest absolute Gasteiger partial charge is 0.396 e. The molecule has 3 rings (SSSR count). The number of aryl methyl sites for hydroxylation is 1. The first-order valence-corrected chi connectivity index (χ1v) is 12.2. The van der Waals surface area contributed by atoms with Gasteiger partial charge in [-0.1, -0.05) is 42.0 Å². The van der Waals surface area contributed by atoms with Gasteiger partial charge in [0.2, 0.25) is 0 Å². The second-order valence-corrected chi connectivity index (χ2v) is 10.2. The number of aliphatic hydroxyl groups excluding tert-OH is 1. The molecule has 1 aromatic heterocycles. The van der Waals surface area contributed by atoms with Gasteiger partial charge in [0.1, 0.15) is 0 Å². The minimum Gasteiger partial charge on any atom is -0.396 e. The Balaban J connectivity index is 1.55. The molecule has 2 aromatic rings. The number of hydrogen-bond acceptors (Lipinski definition) is 3. The summed E-state index contributed by atoms with van der Waals surface area (Å²) < 4.78 is 0. The van der Waals surface area contributed by atoms with Crippen LogP contribution in [-0.4, -0.2) is 17.5 Å². The van der Waals surface area contributed by atoms with E-state index in [-0.39, 0.29) is 12.4 Å². The first-order chi connectivity index (χ1) is 14.5. The van der Waals surface area contributed by atoms with Gasteiger partial charge >= 0.3 is 0 Å². The summed E-state index contributed by atoms with van der Waals surface area (Å²) in [6, 6.07) is 9.47. The molecule has 0 aliphatic heterocycles. The van der Waals surface area contributed by atoms with E-state index in [1.807, 2.05) is 18.2 Å². The fourth-order valence-electron chi connectivity index (χ4n) is 4.27. The van der Waals surface area contributed by atoms with Crippen molar-refractivity contribution in [3.05, 3.63) is 55.7 Å². The number of carbonyl (C=O) groups is 1. The maximum absolute atomic E-state index is 12.1. The van der Waals surface area contributed by atoms with Gasteiger partial charge in [0.05, 0.1) is 4.88 Å². The summed E-state index contributed by atoms with van der Waals surface area (Å²) in [7, 11) is 0. The van der Waals surface area contributed by atoms with Gasteiger partial charge < -0.3 is 5.11 Å². The van der Waals surface area contributed by atoms with Gasteiger partial charge in [-0.2, -0.15) is 0 Å². The normalized spacial score (nSPS) is 20.7. The number of hydrogen-bond donors (Lipinski definition) is 1. The van der Waals surface area contributed by atoms with E-state index >= 15 is 0 Å². The highest BCUT2D eigenvalue weighted by Crippen LogP contribution is 2.40. The number of thiophene rings is 1. The van der Waals surface area contributed by atoms with Crippen molar-refractivity contribution in [3.63, 3.8) is 0 Å². The van der Waals surface area contributed by atoms with Gasteiger partial charge in [0.25, 0.3) is 0 Å². The van der Waals surface area contributed by atoms with Crippen molar-refractivity contribution in [2.75, 3.05) is 6.61 Å². The van der Waals surface area contributed by atoms with Crippen LogP contribution in [0.4, 0.5) is 0 Å². The Morgan fingerprint density at radius 3 is 2.67 bits per heavy atom. The monoisotopic (exact) mass is 462 g/mol. The van der Waals surface area contributed by atoms with Gasteiger partial charge in [0, 0.05) is 39.4 Å². The number of carbonyl (C=O) groups excluding carboxylic acids is 1. The van der Waals surface area contributed by atoms with Crippen molar-refractivity contribution in [1.82, 2.24) is 0 Å². The molecule has 2 nitrogen and oxygen atoms in total. The Bertz CT molecular complexity index is 904. The molecule has 3 unspecified atom stereocenters. The third-order valence-electron chi connectivity index (χ3n) is 5.90. The summed E-state index contributed by atoms with van der Waals surface area (Å²) >= 11 is 13.8. The number of rotatable bonds is 8. The molecule has 1 N–H and O–H groups in total. The van der Waals surface area contributed by atoms with E-state index in [9.17, 15) is 4.79 Å². The molecule has 0 saturated heterocycles. The molecule has 1 saturated carbocycles. The van der Waals surface area contributed by atoms with Crippen LogP contribution in [0.2, 0.25) is 10.0 Å². The molecule has 1 fully saturated rings. The number of aliphatic hydroxyl groups is 1. The van der Waals surface area contributed by atoms with Crippen LogP contribution in [0.1, 0.15) is 65.6 Å². The average molecular weight is 463 g/mol. The summed E-state index contributed by atoms with van der Waals surface area (Å²) in [6.45, 7) is 2.41. The van der Waals surface area contributed by atoms with Crippen molar-refractivity contribution >= 4 is 40.3 Å². The van der Waals surface area contributed by atoms with Crippen molar-refractivity contribution in [2.24, 2.45) is 17.8 Å². The molecule has 160 valence electrons. The molecule has 5 heteroatoms. The van der Waals surface area contributed by atoms with Crippen molar-refractivity contribution in [1.29, 1.82) is 0 Å². The average Bonchev–Trinajstić information content (AvgIpc) is 3.31. The summed E-state index contributed by atoms with van der Waals surface area (Å²) in [4.78, 5) is 14.2. The van der Waals surface area contributed by atoms with Crippen LogP contribution in [0.5, 0.6) is 0 Å². The lowest BCUT2D eigenvalue weighted by atomic mass is 9.86. The van der Waals surface area contributed by atoms with Crippen LogP contribution in [0, 0.1) is 29.6 Å². The maximum atomic E-state index is 12.1. The Morgan fingerprint density at radius 2 is 1.93 bits per heavy atom. The Hall–Kier alpha value is -1.31. The number of Topliss-reactive ketones (excluding diaryl/α,β-unsaturated/α-hetero) is 1. The number of benzene rings is 1. The van der Waals surface area contributed by atoms with Crippen LogP contribution in [0.25, 0.3) is 0 Å². The Morgan fingerprint density at radius 1 is 1.17 bits per heavy atom. The quantitative estimate of drug-likeness (QED) is 0.337. The summed E-state index contributed by atoms with van der Waals surface area (Å²) in [5.41, 5.74) is 0.878. The number of ketones is 1. The van der Waals surface area contributed by atoms with E-state index in [1.165, 1.54) is 11.3 Å². The molecular weight excluding hydrogens is 435 g/mol. The molecule has 0 bridgehead atoms. The molecule has 0 spiro atoms. The van der Waals surface area contributed by atoms with Gasteiger partial charge in [-0.3, -0.25) is 4.79 Å². The van der Waals surface area contributed by atoms with Gasteiger partial charge in [-0.05, 0) is 80.7 Å². The minimum atomic E-state index is 0.0674.